The van der Waals surface area contributed by atoms with E-state index in [1.54, 1.807) is 0 Å². The molecule has 0 radical (unpaired) electrons. The van der Waals surface area contributed by atoms with E-state index in [1.807, 2.05) is 6.92 Å². The number of nitrogens with one attached hydrogen (secondary N) is 1. The van der Waals surface area contributed by atoms with Gasteiger partial charge in [-0.05, 0) is 46.2 Å². The van der Waals surface area contributed by atoms with Gasteiger partial charge in [0.1, 0.15) is 0 Å². The molecule has 0 amide bonds. The summed E-state index contributed by atoms with van der Waals surface area (Å²) in [4.78, 5) is 12.9. The summed E-state index contributed by atoms with van der Waals surface area (Å²) in [5, 5.41) is 11.9. The molecule has 0 aliphatic carbocycles. The Bertz CT molecular complexity index is 287. The number of carboxylic acid groups (broad SMARTS) is 1. The minimum absolute atomic E-state index is 0.633. The Morgan fingerprint density at radius 2 is 2.29 bits per heavy atom. The monoisotopic (exact) mass is 240 g/mol. The van der Waals surface area contributed by atoms with Crippen molar-refractivity contribution in [1.82, 2.24) is 10.2 Å². The molecule has 4 heteroatoms. The van der Waals surface area contributed by atoms with Crippen LogP contribution in [-0.4, -0.2) is 48.2 Å². The molecule has 4 nitrogen and oxygen atoms in total. The van der Waals surface area contributed by atoms with E-state index in [9.17, 15) is 4.79 Å². The fraction of sp³-hybridized carbons (Fsp3) is 0.769. The first kappa shape index (κ1) is 14.2. The molecule has 0 aromatic carbocycles. The van der Waals surface area contributed by atoms with Crippen LogP contribution in [0.3, 0.4) is 0 Å². The smallest absolute Gasteiger partial charge is 0.328 e. The van der Waals surface area contributed by atoms with Crippen LogP contribution in [0.5, 0.6) is 0 Å². The highest BCUT2D eigenvalue weighted by atomic mass is 16.4. The summed E-state index contributed by atoms with van der Waals surface area (Å²) in [6.45, 7) is 10.3. The lowest BCUT2D eigenvalue weighted by atomic mass is 10.1. The molecule has 1 fully saturated rings. The first-order valence-corrected chi connectivity index (χ1v) is 6.34. The molecule has 0 spiro atoms. The van der Waals surface area contributed by atoms with Crippen molar-refractivity contribution in [3.63, 3.8) is 0 Å². The van der Waals surface area contributed by atoms with Gasteiger partial charge in [0.15, 0.2) is 0 Å². The van der Waals surface area contributed by atoms with Gasteiger partial charge in [0.05, 0.1) is 0 Å². The SMILES string of the molecule is CC(=CC(=O)O)CNCC1CCN(C(C)C)C1. The van der Waals surface area contributed by atoms with Crippen LogP contribution >= 0.6 is 0 Å². The number of nitrogens with zero attached hydrogens (tertiary/aromatic N) is 1. The zero-order valence-corrected chi connectivity index (χ0v) is 11.1. The molecule has 17 heavy (non-hydrogen) atoms. The summed E-state index contributed by atoms with van der Waals surface area (Å²) in [6.07, 6.45) is 2.51. The van der Waals surface area contributed by atoms with Crippen molar-refractivity contribution in [2.24, 2.45) is 5.92 Å². The van der Waals surface area contributed by atoms with Crippen LogP contribution in [0.1, 0.15) is 27.2 Å². The number of hydrogen-bond acceptors (Lipinski definition) is 3. The van der Waals surface area contributed by atoms with Crippen LogP contribution in [0.25, 0.3) is 0 Å². The van der Waals surface area contributed by atoms with Crippen LogP contribution in [0.15, 0.2) is 11.6 Å². The van der Waals surface area contributed by atoms with E-state index in [2.05, 4.69) is 24.1 Å². The van der Waals surface area contributed by atoms with Gasteiger partial charge in [0.25, 0.3) is 0 Å². The van der Waals surface area contributed by atoms with Gasteiger partial charge in [-0.15, -0.1) is 0 Å². The molecule has 1 atom stereocenters. The Balaban J connectivity index is 2.18. The lowest BCUT2D eigenvalue weighted by Crippen LogP contribution is -2.31. The lowest BCUT2D eigenvalue weighted by molar-refractivity contribution is -0.131. The number of hydrogen-bond donors (Lipinski definition) is 2. The topological polar surface area (TPSA) is 52.6 Å². The van der Waals surface area contributed by atoms with E-state index in [0.717, 1.165) is 18.7 Å². The third-order valence-corrected chi connectivity index (χ3v) is 3.25. The van der Waals surface area contributed by atoms with Crippen molar-refractivity contribution in [1.29, 1.82) is 0 Å². The number of carbonyl (C=O) groups is 1. The predicted molar refractivity (Wildman–Crippen MR) is 69.1 cm³/mol. The van der Waals surface area contributed by atoms with E-state index >= 15 is 0 Å². The van der Waals surface area contributed by atoms with Gasteiger partial charge in [-0.2, -0.15) is 0 Å². The largest absolute Gasteiger partial charge is 0.478 e. The second kappa shape index (κ2) is 6.77. The van der Waals surface area contributed by atoms with Crippen LogP contribution in [0.4, 0.5) is 0 Å². The molecule has 0 aromatic rings. The molecule has 1 heterocycles. The van der Waals surface area contributed by atoms with Crippen molar-refractivity contribution in [2.45, 2.75) is 33.2 Å². The van der Waals surface area contributed by atoms with Crippen molar-refractivity contribution < 1.29 is 9.90 Å². The van der Waals surface area contributed by atoms with Crippen molar-refractivity contribution in [3.8, 4) is 0 Å². The average Bonchev–Trinajstić information content (AvgIpc) is 2.65. The minimum atomic E-state index is -0.865. The maximum Gasteiger partial charge on any atom is 0.328 e. The van der Waals surface area contributed by atoms with Crippen LogP contribution in [0, 0.1) is 5.92 Å². The van der Waals surface area contributed by atoms with Gasteiger partial charge in [-0.3, -0.25) is 0 Å². The van der Waals surface area contributed by atoms with Crippen molar-refractivity contribution >= 4 is 5.97 Å². The van der Waals surface area contributed by atoms with Gasteiger partial charge in [0.2, 0.25) is 0 Å². The summed E-state index contributed by atoms with van der Waals surface area (Å²) in [7, 11) is 0. The molecular formula is C13H24N2O2. The molecule has 0 aromatic heterocycles. The van der Waals surface area contributed by atoms with E-state index in [-0.39, 0.29) is 0 Å². The molecule has 1 aliphatic heterocycles. The summed E-state index contributed by atoms with van der Waals surface area (Å²) in [5.41, 5.74) is 0.871. The number of aliphatic carboxylic acids is 1. The first-order chi connectivity index (χ1) is 7.99. The van der Waals surface area contributed by atoms with Gasteiger partial charge < -0.3 is 15.3 Å². The Kier molecular flexibility index (Phi) is 5.65. The highest BCUT2D eigenvalue weighted by molar-refractivity contribution is 5.80. The predicted octanol–water partition coefficient (Wildman–Crippen LogP) is 1.34. The van der Waals surface area contributed by atoms with Crippen molar-refractivity contribution in [2.75, 3.05) is 26.2 Å². The van der Waals surface area contributed by atoms with Crippen LogP contribution in [-0.2, 0) is 4.79 Å². The van der Waals surface area contributed by atoms with E-state index in [0.29, 0.717) is 18.5 Å². The molecule has 98 valence electrons. The second-order valence-electron chi connectivity index (χ2n) is 5.20. The highest BCUT2D eigenvalue weighted by Gasteiger charge is 2.23. The second-order valence-corrected chi connectivity index (χ2v) is 5.20. The zero-order chi connectivity index (χ0) is 12.8. The summed E-state index contributed by atoms with van der Waals surface area (Å²) >= 11 is 0. The maximum atomic E-state index is 10.4. The molecule has 1 aliphatic rings. The molecule has 1 rings (SSSR count). The standard InChI is InChI=1S/C13H24N2O2/c1-10(2)15-5-4-12(9-15)8-14-7-11(3)6-13(16)17/h6,10,12,14H,4-5,7-9H2,1-3H3,(H,16,17). The summed E-state index contributed by atoms with van der Waals surface area (Å²) in [5.74, 6) is -0.161. The molecule has 2 N–H and O–H groups in total. The molecule has 0 bridgehead atoms. The Morgan fingerprint density at radius 3 is 2.82 bits per heavy atom. The molecule has 1 unspecified atom stereocenters. The van der Waals surface area contributed by atoms with Crippen molar-refractivity contribution in [3.05, 3.63) is 11.6 Å². The van der Waals surface area contributed by atoms with E-state index in [4.69, 9.17) is 5.11 Å². The van der Waals surface area contributed by atoms with E-state index in [1.165, 1.54) is 19.0 Å². The Hall–Kier alpha value is -0.870. The summed E-state index contributed by atoms with van der Waals surface area (Å²) in [6, 6.07) is 0.633. The maximum absolute atomic E-state index is 10.4. The Morgan fingerprint density at radius 1 is 1.59 bits per heavy atom. The summed E-state index contributed by atoms with van der Waals surface area (Å²) < 4.78 is 0. The molecule has 1 saturated heterocycles. The third-order valence-electron chi connectivity index (χ3n) is 3.25. The highest BCUT2D eigenvalue weighted by Crippen LogP contribution is 2.17. The zero-order valence-electron chi connectivity index (χ0n) is 11.1. The molecular weight excluding hydrogens is 216 g/mol. The molecule has 0 saturated carbocycles. The van der Waals surface area contributed by atoms with Crippen LogP contribution < -0.4 is 5.32 Å². The number of carboxylic acids is 1. The number of likely N-dealkylation sites (tertiary alicyclic amines) is 1. The third kappa shape index (κ3) is 5.33. The minimum Gasteiger partial charge on any atom is -0.478 e. The van der Waals surface area contributed by atoms with E-state index < -0.39 is 5.97 Å². The van der Waals surface area contributed by atoms with Gasteiger partial charge in [0, 0.05) is 25.2 Å². The van der Waals surface area contributed by atoms with Crippen LogP contribution in [0.2, 0.25) is 0 Å². The number of rotatable bonds is 6. The fourth-order valence-electron chi connectivity index (χ4n) is 2.23. The lowest BCUT2D eigenvalue weighted by Gasteiger charge is -2.20. The average molecular weight is 240 g/mol. The Labute approximate surface area is 104 Å². The van der Waals surface area contributed by atoms with Gasteiger partial charge in [-0.25, -0.2) is 4.79 Å². The fourth-order valence-corrected chi connectivity index (χ4v) is 2.23. The quantitative estimate of drug-likeness (QED) is 0.688. The van der Waals surface area contributed by atoms with Gasteiger partial charge >= 0.3 is 5.97 Å². The van der Waals surface area contributed by atoms with Gasteiger partial charge in [-0.1, -0.05) is 5.57 Å². The normalized spacial score (nSPS) is 22.4. The first-order valence-electron chi connectivity index (χ1n) is 6.34.